The number of hydrogen-bond acceptors (Lipinski definition) is 2. The van der Waals surface area contributed by atoms with Gasteiger partial charge in [0.25, 0.3) is 6.43 Å². The second-order valence-electron chi connectivity index (χ2n) is 2.29. The lowest BCUT2D eigenvalue weighted by Gasteiger charge is -2.06. The normalized spacial score (nSPS) is 10.6. The molecular weight excluding hydrogens is 239 g/mol. The number of aromatic carboxylic acids is 1. The van der Waals surface area contributed by atoms with E-state index in [1.807, 2.05) is 0 Å². The molecule has 7 heteroatoms. The molecule has 14 heavy (non-hydrogen) atoms. The summed E-state index contributed by atoms with van der Waals surface area (Å²) >= 11 is 10.9. The molecule has 0 bridgehead atoms. The third-order valence-electron chi connectivity index (χ3n) is 1.42. The fourth-order valence-corrected chi connectivity index (χ4v) is 1.22. The summed E-state index contributed by atoms with van der Waals surface area (Å²) in [6.45, 7) is 0. The van der Waals surface area contributed by atoms with Crippen LogP contribution >= 0.6 is 23.2 Å². The van der Waals surface area contributed by atoms with Crippen molar-refractivity contribution >= 4 is 29.2 Å². The molecule has 0 saturated carbocycles. The summed E-state index contributed by atoms with van der Waals surface area (Å²) in [5.41, 5.74) is -1.64. The molecule has 0 amide bonds. The van der Waals surface area contributed by atoms with Gasteiger partial charge in [-0.3, -0.25) is 4.98 Å². The SMILES string of the molecule is O=C(O)c1c(C(F)F)ncc(Cl)c1Cl. The number of carboxylic acids is 1. The van der Waals surface area contributed by atoms with Crippen LogP contribution in [0.15, 0.2) is 6.20 Å². The van der Waals surface area contributed by atoms with Crippen molar-refractivity contribution in [3.8, 4) is 0 Å². The lowest BCUT2D eigenvalue weighted by atomic mass is 10.2. The summed E-state index contributed by atoms with van der Waals surface area (Å²) < 4.78 is 24.5. The van der Waals surface area contributed by atoms with Crippen LogP contribution < -0.4 is 0 Å². The van der Waals surface area contributed by atoms with E-state index < -0.39 is 28.7 Å². The molecule has 0 aliphatic heterocycles. The molecule has 0 atom stereocenters. The van der Waals surface area contributed by atoms with E-state index in [-0.39, 0.29) is 5.02 Å². The minimum absolute atomic E-state index is 0.173. The van der Waals surface area contributed by atoms with Gasteiger partial charge in [0.1, 0.15) is 11.3 Å². The van der Waals surface area contributed by atoms with Crippen LogP contribution in [0.2, 0.25) is 10.0 Å². The first-order valence-corrected chi connectivity index (χ1v) is 4.06. The number of aromatic nitrogens is 1. The Morgan fingerprint density at radius 3 is 2.50 bits per heavy atom. The molecule has 1 aromatic rings. The fraction of sp³-hybridized carbons (Fsp3) is 0.143. The molecule has 0 aliphatic carbocycles. The molecule has 1 rings (SSSR count). The Kier molecular flexibility index (Phi) is 3.23. The Hall–Kier alpha value is -0.940. The van der Waals surface area contributed by atoms with Crippen molar-refractivity contribution in [2.75, 3.05) is 0 Å². The van der Waals surface area contributed by atoms with Gasteiger partial charge in [0, 0.05) is 6.20 Å². The minimum atomic E-state index is -3.00. The predicted molar refractivity (Wildman–Crippen MR) is 46.2 cm³/mol. The molecule has 3 nitrogen and oxygen atoms in total. The second-order valence-corrected chi connectivity index (χ2v) is 3.07. The number of halogens is 4. The van der Waals surface area contributed by atoms with Gasteiger partial charge in [-0.1, -0.05) is 23.2 Å². The zero-order valence-corrected chi connectivity index (χ0v) is 7.98. The molecular formula is C7H3Cl2F2NO2. The van der Waals surface area contributed by atoms with Crippen LogP contribution in [0.25, 0.3) is 0 Å². The quantitative estimate of drug-likeness (QED) is 0.866. The zero-order chi connectivity index (χ0) is 10.9. The topological polar surface area (TPSA) is 50.2 Å². The lowest BCUT2D eigenvalue weighted by molar-refractivity contribution is 0.0682. The number of nitrogens with zero attached hydrogens (tertiary/aromatic N) is 1. The van der Waals surface area contributed by atoms with Crippen LogP contribution in [0.5, 0.6) is 0 Å². The molecule has 1 heterocycles. The van der Waals surface area contributed by atoms with Gasteiger partial charge in [0.05, 0.1) is 10.0 Å². The average Bonchev–Trinajstić information content (AvgIpc) is 2.08. The summed E-state index contributed by atoms with van der Waals surface area (Å²) in [7, 11) is 0. The Balaban J connectivity index is 3.45. The van der Waals surface area contributed by atoms with Crippen LogP contribution in [-0.2, 0) is 0 Å². The molecule has 0 aliphatic rings. The molecule has 0 unspecified atom stereocenters. The number of rotatable bonds is 2. The molecule has 0 saturated heterocycles. The maximum atomic E-state index is 12.3. The number of pyridine rings is 1. The van der Waals surface area contributed by atoms with Crippen LogP contribution in [0.1, 0.15) is 22.5 Å². The standard InChI is InChI=1S/C7H3Cl2F2NO2/c8-2-1-12-5(6(10)11)3(4(2)9)7(13)14/h1,6H,(H,13,14). The Morgan fingerprint density at radius 2 is 2.07 bits per heavy atom. The molecule has 1 N–H and O–H groups in total. The smallest absolute Gasteiger partial charge is 0.339 e. The summed E-state index contributed by atoms with van der Waals surface area (Å²) in [6.07, 6.45) is -2.12. The summed E-state index contributed by atoms with van der Waals surface area (Å²) in [5, 5.41) is 8.00. The number of alkyl halides is 2. The highest BCUT2D eigenvalue weighted by atomic mass is 35.5. The van der Waals surface area contributed by atoms with E-state index in [0.29, 0.717) is 0 Å². The first-order valence-electron chi connectivity index (χ1n) is 3.30. The highest BCUT2D eigenvalue weighted by Gasteiger charge is 2.24. The van der Waals surface area contributed by atoms with Gasteiger partial charge >= 0.3 is 5.97 Å². The van der Waals surface area contributed by atoms with Crippen LogP contribution in [0, 0.1) is 0 Å². The summed E-state index contributed by atoms with van der Waals surface area (Å²) in [5.74, 6) is -1.58. The van der Waals surface area contributed by atoms with Crippen molar-refractivity contribution in [2.24, 2.45) is 0 Å². The number of carboxylic acid groups (broad SMARTS) is 1. The second kappa shape index (κ2) is 4.06. The molecule has 1 aromatic heterocycles. The van der Waals surface area contributed by atoms with Crippen molar-refractivity contribution in [3.63, 3.8) is 0 Å². The van der Waals surface area contributed by atoms with Gasteiger partial charge < -0.3 is 5.11 Å². The third kappa shape index (κ3) is 1.93. The van der Waals surface area contributed by atoms with Gasteiger partial charge in [0.2, 0.25) is 0 Å². The van der Waals surface area contributed by atoms with Gasteiger partial charge in [-0.25, -0.2) is 13.6 Å². The van der Waals surface area contributed by atoms with Crippen LogP contribution in [0.4, 0.5) is 8.78 Å². The maximum absolute atomic E-state index is 12.3. The van der Waals surface area contributed by atoms with Crippen molar-refractivity contribution in [1.29, 1.82) is 0 Å². The monoisotopic (exact) mass is 241 g/mol. The van der Waals surface area contributed by atoms with Crippen LogP contribution in [-0.4, -0.2) is 16.1 Å². The molecule has 0 aromatic carbocycles. The van der Waals surface area contributed by atoms with E-state index in [1.54, 1.807) is 0 Å². The van der Waals surface area contributed by atoms with Crippen molar-refractivity contribution in [3.05, 3.63) is 27.5 Å². The molecule has 0 spiro atoms. The van der Waals surface area contributed by atoms with Gasteiger partial charge in [-0.05, 0) is 0 Å². The molecule has 0 radical (unpaired) electrons. The highest BCUT2D eigenvalue weighted by molar-refractivity contribution is 6.43. The van der Waals surface area contributed by atoms with Gasteiger partial charge in [-0.2, -0.15) is 0 Å². The van der Waals surface area contributed by atoms with E-state index in [4.69, 9.17) is 28.3 Å². The largest absolute Gasteiger partial charge is 0.478 e. The number of hydrogen-bond donors (Lipinski definition) is 1. The van der Waals surface area contributed by atoms with E-state index in [0.717, 1.165) is 6.20 Å². The van der Waals surface area contributed by atoms with E-state index >= 15 is 0 Å². The minimum Gasteiger partial charge on any atom is -0.478 e. The third-order valence-corrected chi connectivity index (χ3v) is 2.20. The van der Waals surface area contributed by atoms with Crippen molar-refractivity contribution in [2.45, 2.75) is 6.43 Å². The zero-order valence-electron chi connectivity index (χ0n) is 6.47. The van der Waals surface area contributed by atoms with Crippen molar-refractivity contribution < 1.29 is 18.7 Å². The summed E-state index contributed by atoms with van der Waals surface area (Å²) in [6, 6.07) is 0. The average molecular weight is 242 g/mol. The fourth-order valence-electron chi connectivity index (χ4n) is 0.848. The van der Waals surface area contributed by atoms with E-state index in [2.05, 4.69) is 4.98 Å². The lowest BCUT2D eigenvalue weighted by Crippen LogP contribution is -2.06. The van der Waals surface area contributed by atoms with E-state index in [9.17, 15) is 13.6 Å². The Morgan fingerprint density at radius 1 is 1.50 bits per heavy atom. The first kappa shape index (κ1) is 11.1. The number of carbonyl (C=O) groups is 1. The van der Waals surface area contributed by atoms with Crippen LogP contribution in [0.3, 0.4) is 0 Å². The first-order chi connectivity index (χ1) is 6.45. The predicted octanol–water partition coefficient (Wildman–Crippen LogP) is 3.02. The highest BCUT2D eigenvalue weighted by Crippen LogP contribution is 2.31. The molecule has 0 fully saturated rings. The summed E-state index contributed by atoms with van der Waals surface area (Å²) in [4.78, 5) is 13.8. The van der Waals surface area contributed by atoms with Gasteiger partial charge in [-0.15, -0.1) is 0 Å². The van der Waals surface area contributed by atoms with Gasteiger partial charge in [0.15, 0.2) is 0 Å². The molecule has 76 valence electrons. The Labute approximate surface area is 87.3 Å². The van der Waals surface area contributed by atoms with Crippen molar-refractivity contribution in [1.82, 2.24) is 4.98 Å². The Bertz CT molecular complexity index is 384. The van der Waals surface area contributed by atoms with E-state index in [1.165, 1.54) is 0 Å². The maximum Gasteiger partial charge on any atom is 0.339 e.